The molecule has 7 heteroatoms. The predicted molar refractivity (Wildman–Crippen MR) is 99.2 cm³/mol. The summed E-state index contributed by atoms with van der Waals surface area (Å²) >= 11 is 0. The van der Waals surface area contributed by atoms with Gasteiger partial charge in [0.25, 0.3) is 0 Å². The fourth-order valence-corrected chi connectivity index (χ4v) is 4.29. The number of rotatable bonds is 4. The molecule has 3 fully saturated rings. The van der Waals surface area contributed by atoms with Crippen molar-refractivity contribution in [1.29, 1.82) is 0 Å². The normalized spacial score (nSPS) is 27.2. The van der Waals surface area contributed by atoms with Crippen LogP contribution in [0, 0.1) is 0 Å². The first-order valence-electron chi connectivity index (χ1n) is 9.77. The Balaban J connectivity index is 1.29. The second kappa shape index (κ2) is 7.48. The standard InChI is InChI=1S/C20H27N3O4/c24-16-12-17(21-13-16)18(25)22-10-7-20(8-11-22)14-23(19(26)27-20)9-6-15-4-2-1-3-5-15/h1-5,16-17,21,24H,6-14H2/t16-,17+/m1/s1. The van der Waals surface area contributed by atoms with Crippen LogP contribution < -0.4 is 5.32 Å². The van der Waals surface area contributed by atoms with Crippen molar-refractivity contribution in [3.63, 3.8) is 0 Å². The third-order valence-corrected chi connectivity index (χ3v) is 5.95. The molecule has 146 valence electrons. The van der Waals surface area contributed by atoms with Crippen molar-refractivity contribution >= 4 is 12.0 Å². The fraction of sp³-hybridized carbons (Fsp3) is 0.600. The van der Waals surface area contributed by atoms with Gasteiger partial charge in [0.2, 0.25) is 5.91 Å². The number of β-amino-alcohol motifs (C(OH)–C–C–N with tert-alkyl or cyclic N) is 1. The van der Waals surface area contributed by atoms with E-state index < -0.39 is 11.7 Å². The number of piperidine rings is 1. The molecule has 2 amide bonds. The third-order valence-electron chi connectivity index (χ3n) is 5.95. The zero-order valence-corrected chi connectivity index (χ0v) is 15.5. The summed E-state index contributed by atoms with van der Waals surface area (Å²) in [7, 11) is 0. The second-order valence-corrected chi connectivity index (χ2v) is 7.88. The Kier molecular flexibility index (Phi) is 5.06. The van der Waals surface area contributed by atoms with Gasteiger partial charge in [0.1, 0.15) is 5.60 Å². The van der Waals surface area contributed by atoms with Crippen molar-refractivity contribution in [2.24, 2.45) is 0 Å². The molecule has 27 heavy (non-hydrogen) atoms. The molecular weight excluding hydrogens is 346 g/mol. The molecular formula is C20H27N3O4. The third kappa shape index (κ3) is 3.94. The zero-order valence-electron chi connectivity index (χ0n) is 15.5. The maximum absolute atomic E-state index is 12.6. The average molecular weight is 373 g/mol. The molecule has 0 saturated carbocycles. The Morgan fingerprint density at radius 1 is 1.26 bits per heavy atom. The van der Waals surface area contributed by atoms with Crippen LogP contribution in [0.2, 0.25) is 0 Å². The first-order chi connectivity index (χ1) is 13.0. The number of benzene rings is 1. The lowest BCUT2D eigenvalue weighted by molar-refractivity contribution is -0.136. The van der Waals surface area contributed by atoms with Gasteiger partial charge in [-0.3, -0.25) is 4.79 Å². The molecule has 1 spiro atoms. The number of nitrogens with zero attached hydrogens (tertiary/aromatic N) is 2. The first kappa shape index (κ1) is 18.3. The van der Waals surface area contributed by atoms with Gasteiger partial charge in [-0.25, -0.2) is 4.79 Å². The van der Waals surface area contributed by atoms with E-state index in [1.807, 2.05) is 23.1 Å². The van der Waals surface area contributed by atoms with Crippen LogP contribution in [0.1, 0.15) is 24.8 Å². The van der Waals surface area contributed by atoms with E-state index in [1.165, 1.54) is 5.56 Å². The minimum Gasteiger partial charge on any atom is -0.441 e. The fourth-order valence-electron chi connectivity index (χ4n) is 4.29. The van der Waals surface area contributed by atoms with E-state index in [1.54, 1.807) is 4.90 Å². The average Bonchev–Trinajstić information content (AvgIpc) is 3.24. The molecule has 3 aliphatic rings. The summed E-state index contributed by atoms with van der Waals surface area (Å²) < 4.78 is 5.75. The van der Waals surface area contributed by atoms with E-state index >= 15 is 0 Å². The van der Waals surface area contributed by atoms with Gasteiger partial charge in [-0.2, -0.15) is 0 Å². The number of carbonyl (C=O) groups excluding carboxylic acids is 2. The van der Waals surface area contributed by atoms with Gasteiger partial charge < -0.3 is 25.0 Å². The van der Waals surface area contributed by atoms with E-state index in [-0.39, 0.29) is 18.0 Å². The molecule has 1 aromatic rings. The number of aliphatic hydroxyl groups excluding tert-OH is 1. The largest absolute Gasteiger partial charge is 0.441 e. The molecule has 0 aliphatic carbocycles. The Bertz CT molecular complexity index is 688. The minimum absolute atomic E-state index is 0.0478. The first-order valence-corrected chi connectivity index (χ1v) is 9.77. The highest BCUT2D eigenvalue weighted by atomic mass is 16.6. The van der Waals surface area contributed by atoms with Crippen LogP contribution in [-0.4, -0.2) is 77.4 Å². The second-order valence-electron chi connectivity index (χ2n) is 7.88. The van der Waals surface area contributed by atoms with Gasteiger partial charge in [0.05, 0.1) is 18.7 Å². The molecule has 0 aromatic heterocycles. The summed E-state index contributed by atoms with van der Waals surface area (Å²) in [4.78, 5) is 28.5. The Labute approximate surface area is 159 Å². The van der Waals surface area contributed by atoms with E-state index in [2.05, 4.69) is 17.4 Å². The van der Waals surface area contributed by atoms with Crippen LogP contribution in [0.4, 0.5) is 4.79 Å². The van der Waals surface area contributed by atoms with Crippen LogP contribution in [0.5, 0.6) is 0 Å². The molecule has 0 unspecified atom stereocenters. The van der Waals surface area contributed by atoms with Gasteiger partial charge in [-0.1, -0.05) is 30.3 Å². The summed E-state index contributed by atoms with van der Waals surface area (Å²) in [6, 6.07) is 9.83. The van der Waals surface area contributed by atoms with Crippen LogP contribution in [0.15, 0.2) is 30.3 Å². The summed E-state index contributed by atoms with van der Waals surface area (Å²) in [6.45, 7) is 2.90. The van der Waals surface area contributed by atoms with Crippen molar-refractivity contribution in [2.75, 3.05) is 32.7 Å². The molecule has 4 rings (SSSR count). The molecule has 3 saturated heterocycles. The maximum atomic E-state index is 12.6. The van der Waals surface area contributed by atoms with Crippen molar-refractivity contribution < 1.29 is 19.4 Å². The van der Waals surface area contributed by atoms with Gasteiger partial charge >= 0.3 is 6.09 Å². The topological polar surface area (TPSA) is 82.1 Å². The number of likely N-dealkylation sites (tertiary alicyclic amines) is 1. The predicted octanol–water partition coefficient (Wildman–Crippen LogP) is 0.765. The van der Waals surface area contributed by atoms with E-state index in [9.17, 15) is 14.7 Å². The quantitative estimate of drug-likeness (QED) is 0.815. The van der Waals surface area contributed by atoms with Gasteiger partial charge in [-0.05, 0) is 18.4 Å². The number of aliphatic hydroxyl groups is 1. The van der Waals surface area contributed by atoms with Crippen LogP contribution >= 0.6 is 0 Å². The van der Waals surface area contributed by atoms with Crippen molar-refractivity contribution in [3.8, 4) is 0 Å². The molecule has 3 heterocycles. The molecule has 0 radical (unpaired) electrons. The summed E-state index contributed by atoms with van der Waals surface area (Å²) in [5.41, 5.74) is 0.741. The number of hydrogen-bond donors (Lipinski definition) is 2. The Hall–Kier alpha value is -2.12. The van der Waals surface area contributed by atoms with Gasteiger partial charge in [0, 0.05) is 39.0 Å². The van der Waals surface area contributed by atoms with Crippen molar-refractivity contribution in [3.05, 3.63) is 35.9 Å². The molecule has 2 atom stereocenters. The smallest absolute Gasteiger partial charge is 0.410 e. The summed E-state index contributed by atoms with van der Waals surface area (Å²) in [5, 5.41) is 12.7. The maximum Gasteiger partial charge on any atom is 0.410 e. The zero-order chi connectivity index (χ0) is 18.9. The minimum atomic E-state index is -0.465. The number of amides is 2. The highest BCUT2D eigenvalue weighted by Crippen LogP contribution is 2.33. The number of hydrogen-bond acceptors (Lipinski definition) is 5. The van der Waals surface area contributed by atoms with E-state index in [0.717, 1.165) is 6.42 Å². The number of nitrogens with one attached hydrogen (secondary N) is 1. The molecule has 1 aromatic carbocycles. The molecule has 3 aliphatic heterocycles. The van der Waals surface area contributed by atoms with Crippen molar-refractivity contribution in [2.45, 2.75) is 43.4 Å². The highest BCUT2D eigenvalue weighted by molar-refractivity contribution is 5.82. The van der Waals surface area contributed by atoms with Crippen LogP contribution in [-0.2, 0) is 16.0 Å². The van der Waals surface area contributed by atoms with Gasteiger partial charge in [0.15, 0.2) is 0 Å². The summed E-state index contributed by atoms with van der Waals surface area (Å²) in [5.74, 6) is 0.0478. The van der Waals surface area contributed by atoms with Crippen LogP contribution in [0.3, 0.4) is 0 Å². The van der Waals surface area contributed by atoms with Crippen LogP contribution in [0.25, 0.3) is 0 Å². The number of carbonyl (C=O) groups is 2. The lowest BCUT2D eigenvalue weighted by atomic mass is 9.91. The van der Waals surface area contributed by atoms with E-state index in [0.29, 0.717) is 52.0 Å². The van der Waals surface area contributed by atoms with Crippen molar-refractivity contribution in [1.82, 2.24) is 15.1 Å². The Morgan fingerprint density at radius 2 is 2.00 bits per heavy atom. The van der Waals surface area contributed by atoms with E-state index in [4.69, 9.17) is 4.74 Å². The highest BCUT2D eigenvalue weighted by Gasteiger charge is 2.47. The monoisotopic (exact) mass is 373 g/mol. The molecule has 0 bridgehead atoms. The summed E-state index contributed by atoms with van der Waals surface area (Å²) in [6.07, 6.45) is 1.94. The lowest BCUT2D eigenvalue weighted by Gasteiger charge is -2.38. The lowest BCUT2D eigenvalue weighted by Crippen LogP contribution is -2.52. The Morgan fingerprint density at radius 3 is 2.67 bits per heavy atom. The number of ether oxygens (including phenoxy) is 1. The molecule has 2 N–H and O–H groups in total. The molecule has 7 nitrogen and oxygen atoms in total. The van der Waals surface area contributed by atoms with Gasteiger partial charge in [-0.15, -0.1) is 0 Å². The SMILES string of the molecule is O=C1OC2(CCN(C(=O)[C@@H]3C[C@@H](O)CN3)CC2)CN1CCc1ccccc1.